The van der Waals surface area contributed by atoms with Gasteiger partial charge in [-0.05, 0) is 35.7 Å². The first-order valence-electron chi connectivity index (χ1n) is 8.04. The van der Waals surface area contributed by atoms with E-state index in [1.807, 2.05) is 6.92 Å². The Bertz CT molecular complexity index is 974. The molecule has 0 saturated heterocycles. The molecule has 0 radical (unpaired) electrons. The Morgan fingerprint density at radius 3 is 2.41 bits per heavy atom. The zero-order valence-corrected chi connectivity index (χ0v) is 14.2. The van der Waals surface area contributed by atoms with E-state index in [1.54, 1.807) is 6.07 Å². The molecule has 3 nitrogen and oxygen atoms in total. The van der Waals surface area contributed by atoms with Gasteiger partial charge in [0.05, 0.1) is 11.0 Å². The van der Waals surface area contributed by atoms with Gasteiger partial charge in [0, 0.05) is 11.1 Å². The first-order valence-corrected chi connectivity index (χ1v) is 8.04. The molecule has 0 N–H and O–H groups in total. The van der Waals surface area contributed by atoms with Gasteiger partial charge in [0.1, 0.15) is 12.1 Å². The third kappa shape index (κ3) is 3.65. The fourth-order valence-electron chi connectivity index (χ4n) is 3.02. The van der Waals surface area contributed by atoms with E-state index in [2.05, 4.69) is 16.3 Å². The smallest absolute Gasteiger partial charge is 0.406 e. The summed E-state index contributed by atoms with van der Waals surface area (Å²) >= 11 is 0. The lowest BCUT2D eigenvalue weighted by Gasteiger charge is -2.14. The number of alkyl halides is 5. The highest BCUT2D eigenvalue weighted by Gasteiger charge is 2.31. The quantitative estimate of drug-likeness (QED) is 0.491. The van der Waals surface area contributed by atoms with Crippen molar-refractivity contribution in [2.24, 2.45) is 0 Å². The lowest BCUT2D eigenvalue weighted by molar-refractivity contribution is -0.274. The molecule has 0 bridgehead atoms. The fraction of sp³-hybridized carbons (Fsp3) is 0.211. The Labute approximate surface area is 151 Å². The second kappa shape index (κ2) is 7.02. The second-order valence-electron chi connectivity index (χ2n) is 5.75. The molecule has 1 heterocycles. The van der Waals surface area contributed by atoms with E-state index < -0.39 is 12.9 Å². The molecule has 0 aliphatic carbocycles. The van der Waals surface area contributed by atoms with Crippen molar-refractivity contribution < 1.29 is 26.7 Å². The molecule has 3 aromatic rings. The van der Waals surface area contributed by atoms with Crippen LogP contribution in [0.2, 0.25) is 0 Å². The summed E-state index contributed by atoms with van der Waals surface area (Å²) in [6.45, 7) is 2.80. The summed E-state index contributed by atoms with van der Waals surface area (Å²) in [5, 5.41) is 0. The maximum Gasteiger partial charge on any atom is 0.573 e. The van der Waals surface area contributed by atoms with E-state index in [4.69, 9.17) is 0 Å². The number of imidazole rings is 1. The van der Waals surface area contributed by atoms with Gasteiger partial charge >= 0.3 is 12.9 Å². The van der Waals surface area contributed by atoms with Gasteiger partial charge in [-0.2, -0.15) is 8.78 Å². The van der Waals surface area contributed by atoms with Gasteiger partial charge in [-0.15, -0.1) is 13.2 Å². The summed E-state index contributed by atoms with van der Waals surface area (Å²) in [4.78, 5) is 4.11. The van der Waals surface area contributed by atoms with Gasteiger partial charge < -0.3 is 4.74 Å². The highest BCUT2D eigenvalue weighted by molar-refractivity contribution is 5.98. The number of aryl methyl sites for hydroxylation is 1. The molecule has 142 valence electrons. The third-order valence-electron chi connectivity index (χ3n) is 4.16. The van der Waals surface area contributed by atoms with Crippen molar-refractivity contribution in [3.63, 3.8) is 0 Å². The molecule has 8 heteroatoms. The van der Waals surface area contributed by atoms with E-state index in [-0.39, 0.29) is 11.3 Å². The van der Waals surface area contributed by atoms with Crippen LogP contribution in [0.3, 0.4) is 0 Å². The number of halogens is 5. The van der Waals surface area contributed by atoms with Crippen LogP contribution >= 0.6 is 0 Å². The highest BCUT2D eigenvalue weighted by atomic mass is 19.4. The number of aromatic nitrogens is 2. The first-order chi connectivity index (χ1) is 12.7. The number of hydrogen-bond donors (Lipinski definition) is 0. The van der Waals surface area contributed by atoms with Crippen molar-refractivity contribution in [1.82, 2.24) is 9.55 Å². The molecule has 0 aliphatic rings. The zero-order valence-electron chi connectivity index (χ0n) is 14.2. The number of nitrogens with zero attached hydrogens (tertiary/aromatic N) is 2. The summed E-state index contributed by atoms with van der Waals surface area (Å²) in [5.41, 5.74) is 3.00. The molecule has 0 atom stereocenters. The lowest BCUT2D eigenvalue weighted by atomic mass is 9.95. The Morgan fingerprint density at radius 1 is 1.22 bits per heavy atom. The summed E-state index contributed by atoms with van der Waals surface area (Å²) in [6, 6.07) is 7.01. The average Bonchev–Trinajstić information content (AvgIpc) is 3.05. The van der Waals surface area contributed by atoms with Crippen molar-refractivity contribution in [2.45, 2.75) is 26.3 Å². The van der Waals surface area contributed by atoms with Crippen molar-refractivity contribution in [1.29, 1.82) is 0 Å². The van der Waals surface area contributed by atoms with Crippen LogP contribution in [0.5, 0.6) is 5.75 Å². The predicted molar refractivity (Wildman–Crippen MR) is 92.6 cm³/mol. The Hall–Kier alpha value is -2.90. The molecule has 0 fully saturated rings. The van der Waals surface area contributed by atoms with Crippen LogP contribution in [-0.2, 0) is 6.42 Å². The monoisotopic (exact) mass is 382 g/mol. The maximum absolute atomic E-state index is 13.4. The number of fused-ring (bicyclic) bond motifs is 1. The third-order valence-corrected chi connectivity index (χ3v) is 4.16. The zero-order chi connectivity index (χ0) is 19.8. The van der Waals surface area contributed by atoms with Crippen molar-refractivity contribution in [2.75, 3.05) is 0 Å². The molecule has 27 heavy (non-hydrogen) atoms. The molecule has 2 aromatic carbocycles. The minimum Gasteiger partial charge on any atom is -0.406 e. The molecule has 1 aromatic heterocycles. The SMILES string of the molecule is C=Cc1c(CC)cc(-c2ccc(OC(F)(F)F)cc2)c2ncn(C(F)F)c12. The molecule has 0 saturated carbocycles. The van der Waals surface area contributed by atoms with Crippen molar-refractivity contribution in [3.8, 4) is 16.9 Å². The van der Waals surface area contributed by atoms with Gasteiger partial charge in [-0.25, -0.2) is 4.98 Å². The summed E-state index contributed by atoms with van der Waals surface area (Å²) < 4.78 is 68.4. The lowest BCUT2D eigenvalue weighted by Crippen LogP contribution is -2.16. The molecule has 0 amide bonds. The van der Waals surface area contributed by atoms with E-state index in [0.29, 0.717) is 28.6 Å². The van der Waals surface area contributed by atoms with Crippen molar-refractivity contribution >= 4 is 17.1 Å². The van der Waals surface area contributed by atoms with E-state index in [9.17, 15) is 22.0 Å². The van der Waals surface area contributed by atoms with E-state index in [0.717, 1.165) is 16.5 Å². The molecular weight excluding hydrogens is 367 g/mol. The molecule has 0 aliphatic heterocycles. The Morgan fingerprint density at radius 2 is 1.89 bits per heavy atom. The fourth-order valence-corrected chi connectivity index (χ4v) is 3.02. The molecule has 0 spiro atoms. The standard InChI is InChI=1S/C19H15F5N2O/c1-3-11-9-15(12-5-7-13(8-6-12)27-19(22,23)24)16-17(14(11)4-2)26(10-25-16)18(20)21/h4-10,18H,2-3H2,1H3. The summed E-state index contributed by atoms with van der Waals surface area (Å²) in [6.07, 6.45) is -1.67. The number of ether oxygens (including phenoxy) is 1. The highest BCUT2D eigenvalue weighted by Crippen LogP contribution is 2.36. The van der Waals surface area contributed by atoms with E-state index >= 15 is 0 Å². The Kier molecular flexibility index (Phi) is 4.91. The largest absolute Gasteiger partial charge is 0.573 e. The van der Waals surface area contributed by atoms with Crippen LogP contribution in [0, 0.1) is 0 Å². The average molecular weight is 382 g/mol. The normalized spacial score (nSPS) is 12.0. The Balaban J connectivity index is 2.19. The minimum absolute atomic E-state index is 0.241. The number of benzene rings is 2. The second-order valence-corrected chi connectivity index (χ2v) is 5.75. The van der Waals surface area contributed by atoms with Gasteiger partial charge in [-0.1, -0.05) is 31.7 Å². The predicted octanol–water partition coefficient (Wildman–Crippen LogP) is 6.20. The van der Waals surface area contributed by atoms with Crippen LogP contribution in [0.4, 0.5) is 22.0 Å². The van der Waals surface area contributed by atoms with Gasteiger partial charge in [0.25, 0.3) is 0 Å². The summed E-state index contributed by atoms with van der Waals surface area (Å²) in [5.74, 6) is -0.362. The van der Waals surface area contributed by atoms with Crippen LogP contribution < -0.4 is 4.74 Å². The molecule has 0 unspecified atom stereocenters. The summed E-state index contributed by atoms with van der Waals surface area (Å²) in [7, 11) is 0. The van der Waals surface area contributed by atoms with Gasteiger partial charge in [-0.3, -0.25) is 4.57 Å². The topological polar surface area (TPSA) is 27.1 Å². The van der Waals surface area contributed by atoms with Crippen molar-refractivity contribution in [3.05, 3.63) is 54.4 Å². The van der Waals surface area contributed by atoms with Crippen LogP contribution in [0.25, 0.3) is 28.2 Å². The van der Waals surface area contributed by atoms with E-state index in [1.165, 1.54) is 30.3 Å². The number of rotatable bonds is 5. The number of hydrogen-bond acceptors (Lipinski definition) is 2. The van der Waals surface area contributed by atoms with Crippen LogP contribution in [0.1, 0.15) is 24.6 Å². The molecule has 3 rings (SSSR count). The first kappa shape index (κ1) is 18.9. The minimum atomic E-state index is -4.79. The molecular formula is C19H15F5N2O. The van der Waals surface area contributed by atoms with Crippen LogP contribution in [-0.4, -0.2) is 15.9 Å². The van der Waals surface area contributed by atoms with Gasteiger partial charge in [0.15, 0.2) is 0 Å². The van der Waals surface area contributed by atoms with Gasteiger partial charge in [0.2, 0.25) is 0 Å². The maximum atomic E-state index is 13.4. The van der Waals surface area contributed by atoms with Crippen LogP contribution in [0.15, 0.2) is 43.2 Å².